The van der Waals surface area contributed by atoms with Gasteiger partial charge in [-0.3, -0.25) is 0 Å². The van der Waals surface area contributed by atoms with Gasteiger partial charge in [-0.05, 0) is 6.92 Å². The Labute approximate surface area is 75.1 Å². The Morgan fingerprint density at radius 2 is 1.77 bits per heavy atom. The fourth-order valence-corrected chi connectivity index (χ4v) is 0.659. The number of methoxy groups -OCH3 is 2. The number of aliphatic hydroxyl groups excluding tert-OH is 1. The number of carbonyl (C=O) groups excluding carboxylic acids is 2. The summed E-state index contributed by atoms with van der Waals surface area (Å²) in [5.41, 5.74) is -2.29. The molecule has 0 rings (SSSR count). The standard InChI is InChI=1S/C7H12O6/c1-7(11,6(10)13-3)4(8)5(9)12-2/h4,8,11H,1-3H3/t4-,7-/m1/s1. The van der Waals surface area contributed by atoms with Crippen molar-refractivity contribution in [2.75, 3.05) is 14.2 Å². The lowest BCUT2D eigenvalue weighted by molar-refractivity contribution is -0.184. The summed E-state index contributed by atoms with van der Waals surface area (Å²) in [6.07, 6.45) is -1.95. The van der Waals surface area contributed by atoms with E-state index < -0.39 is 23.6 Å². The monoisotopic (exact) mass is 192 g/mol. The summed E-state index contributed by atoms with van der Waals surface area (Å²) in [7, 11) is 2.06. The van der Waals surface area contributed by atoms with Gasteiger partial charge in [-0.15, -0.1) is 0 Å². The Kier molecular flexibility index (Phi) is 3.83. The quantitative estimate of drug-likeness (QED) is 0.525. The Morgan fingerprint density at radius 3 is 2.08 bits per heavy atom. The number of hydrogen-bond acceptors (Lipinski definition) is 6. The van der Waals surface area contributed by atoms with E-state index in [1.54, 1.807) is 0 Å². The molecule has 0 radical (unpaired) electrons. The summed E-state index contributed by atoms with van der Waals surface area (Å²) < 4.78 is 8.31. The molecule has 2 N–H and O–H groups in total. The maximum Gasteiger partial charge on any atom is 0.340 e. The van der Waals surface area contributed by atoms with Crippen LogP contribution in [-0.2, 0) is 19.1 Å². The zero-order valence-corrected chi connectivity index (χ0v) is 7.60. The molecular weight excluding hydrogens is 180 g/mol. The molecule has 0 aliphatic heterocycles. The molecule has 0 amide bonds. The lowest BCUT2D eigenvalue weighted by Gasteiger charge is -2.23. The zero-order valence-electron chi connectivity index (χ0n) is 7.60. The van der Waals surface area contributed by atoms with Gasteiger partial charge in [0.25, 0.3) is 0 Å². The van der Waals surface area contributed by atoms with Crippen molar-refractivity contribution in [3.8, 4) is 0 Å². The van der Waals surface area contributed by atoms with Crippen LogP contribution in [0.3, 0.4) is 0 Å². The molecule has 0 aliphatic rings. The van der Waals surface area contributed by atoms with Crippen molar-refractivity contribution in [2.45, 2.75) is 18.6 Å². The lowest BCUT2D eigenvalue weighted by atomic mass is 10.00. The third kappa shape index (κ3) is 2.40. The molecule has 0 aromatic rings. The molecule has 0 aromatic carbocycles. The fourth-order valence-electron chi connectivity index (χ4n) is 0.659. The molecule has 2 atom stereocenters. The maximum atomic E-state index is 10.9. The molecule has 76 valence electrons. The molecule has 0 saturated carbocycles. The van der Waals surface area contributed by atoms with Crippen molar-refractivity contribution in [3.05, 3.63) is 0 Å². The number of aliphatic hydroxyl groups is 2. The van der Waals surface area contributed by atoms with Gasteiger partial charge in [0.2, 0.25) is 0 Å². The topological polar surface area (TPSA) is 93.1 Å². The van der Waals surface area contributed by atoms with E-state index in [4.69, 9.17) is 5.11 Å². The van der Waals surface area contributed by atoms with Crippen LogP contribution in [0.15, 0.2) is 0 Å². The SMILES string of the molecule is COC(=O)[C@@H](O)[C@@](C)(O)C(=O)OC. The molecule has 13 heavy (non-hydrogen) atoms. The largest absolute Gasteiger partial charge is 0.467 e. The van der Waals surface area contributed by atoms with Gasteiger partial charge in [-0.25, -0.2) is 9.59 Å². The van der Waals surface area contributed by atoms with Gasteiger partial charge in [0.1, 0.15) is 0 Å². The second kappa shape index (κ2) is 4.20. The van der Waals surface area contributed by atoms with Crippen LogP contribution in [0.25, 0.3) is 0 Å². The van der Waals surface area contributed by atoms with E-state index in [2.05, 4.69) is 9.47 Å². The van der Waals surface area contributed by atoms with Gasteiger partial charge in [0.05, 0.1) is 14.2 Å². The van der Waals surface area contributed by atoms with Gasteiger partial charge in [0.15, 0.2) is 11.7 Å². The first-order valence-corrected chi connectivity index (χ1v) is 3.44. The van der Waals surface area contributed by atoms with Crippen LogP contribution >= 0.6 is 0 Å². The summed E-state index contributed by atoms with van der Waals surface area (Å²) in [5, 5.41) is 18.4. The minimum absolute atomic E-state index is 0.959. The second-order valence-corrected chi connectivity index (χ2v) is 2.56. The molecule has 0 unspecified atom stereocenters. The van der Waals surface area contributed by atoms with Crippen molar-refractivity contribution in [1.29, 1.82) is 0 Å². The summed E-state index contributed by atoms with van der Waals surface area (Å²) in [5.74, 6) is -2.21. The highest BCUT2D eigenvalue weighted by molar-refractivity contribution is 5.88. The normalized spacial score (nSPS) is 17.0. The molecule has 0 spiro atoms. The summed E-state index contributed by atoms with van der Waals surface area (Å²) in [6.45, 7) is 0.959. The molecule has 0 aromatic heterocycles. The first kappa shape index (κ1) is 11.9. The van der Waals surface area contributed by atoms with E-state index in [0.29, 0.717) is 0 Å². The van der Waals surface area contributed by atoms with E-state index in [-0.39, 0.29) is 0 Å². The zero-order chi connectivity index (χ0) is 10.6. The highest BCUT2D eigenvalue weighted by Gasteiger charge is 2.44. The molecule has 0 saturated heterocycles. The first-order chi connectivity index (χ1) is 5.87. The minimum Gasteiger partial charge on any atom is -0.467 e. The van der Waals surface area contributed by atoms with Gasteiger partial charge in [0, 0.05) is 0 Å². The summed E-state index contributed by atoms with van der Waals surface area (Å²) >= 11 is 0. The first-order valence-electron chi connectivity index (χ1n) is 3.44. The number of esters is 2. The Hall–Kier alpha value is -1.14. The summed E-state index contributed by atoms with van der Waals surface area (Å²) in [4.78, 5) is 21.6. The predicted molar refractivity (Wildman–Crippen MR) is 40.7 cm³/mol. The van der Waals surface area contributed by atoms with E-state index in [0.717, 1.165) is 21.1 Å². The average Bonchev–Trinajstić information content (AvgIpc) is 2.13. The molecule has 0 aliphatic carbocycles. The molecule has 0 fully saturated rings. The highest BCUT2D eigenvalue weighted by atomic mass is 16.6. The van der Waals surface area contributed by atoms with Gasteiger partial charge in [-0.1, -0.05) is 0 Å². The summed E-state index contributed by atoms with van der Waals surface area (Å²) in [6, 6.07) is 0. The molecule has 6 heteroatoms. The van der Waals surface area contributed by atoms with E-state index >= 15 is 0 Å². The van der Waals surface area contributed by atoms with Crippen LogP contribution in [0.2, 0.25) is 0 Å². The average molecular weight is 192 g/mol. The molecule has 0 heterocycles. The minimum atomic E-state index is -2.29. The van der Waals surface area contributed by atoms with Crippen molar-refractivity contribution in [3.63, 3.8) is 0 Å². The van der Waals surface area contributed by atoms with E-state index in [1.165, 1.54) is 0 Å². The van der Waals surface area contributed by atoms with Gasteiger partial charge >= 0.3 is 11.9 Å². The third-order valence-electron chi connectivity index (χ3n) is 1.56. The third-order valence-corrected chi connectivity index (χ3v) is 1.56. The fraction of sp³-hybridized carbons (Fsp3) is 0.714. The Morgan fingerprint density at radius 1 is 1.31 bits per heavy atom. The van der Waals surface area contributed by atoms with Crippen LogP contribution < -0.4 is 0 Å². The maximum absolute atomic E-state index is 10.9. The number of carbonyl (C=O) groups is 2. The highest BCUT2D eigenvalue weighted by Crippen LogP contribution is 2.12. The Balaban J connectivity index is 4.62. The molecule has 0 bridgehead atoms. The van der Waals surface area contributed by atoms with Crippen LogP contribution in [0.5, 0.6) is 0 Å². The van der Waals surface area contributed by atoms with E-state index in [1.807, 2.05) is 0 Å². The van der Waals surface area contributed by atoms with Crippen LogP contribution in [0.4, 0.5) is 0 Å². The molecule has 6 nitrogen and oxygen atoms in total. The second-order valence-electron chi connectivity index (χ2n) is 2.56. The number of hydrogen-bond donors (Lipinski definition) is 2. The van der Waals surface area contributed by atoms with Crippen molar-refractivity contribution in [1.82, 2.24) is 0 Å². The number of ether oxygens (including phenoxy) is 2. The number of rotatable bonds is 3. The Bertz CT molecular complexity index is 209. The van der Waals surface area contributed by atoms with Crippen LogP contribution in [-0.4, -0.2) is 48.1 Å². The van der Waals surface area contributed by atoms with Crippen molar-refractivity contribution >= 4 is 11.9 Å². The lowest BCUT2D eigenvalue weighted by Crippen LogP contribution is -2.51. The smallest absolute Gasteiger partial charge is 0.340 e. The van der Waals surface area contributed by atoms with Crippen LogP contribution in [0, 0.1) is 0 Å². The van der Waals surface area contributed by atoms with Gasteiger partial charge in [-0.2, -0.15) is 0 Å². The van der Waals surface area contributed by atoms with Gasteiger partial charge < -0.3 is 19.7 Å². The predicted octanol–water partition coefficient (Wildman–Crippen LogP) is -1.56. The van der Waals surface area contributed by atoms with Crippen LogP contribution in [0.1, 0.15) is 6.92 Å². The van der Waals surface area contributed by atoms with E-state index in [9.17, 15) is 14.7 Å². The molecular formula is C7H12O6. The van der Waals surface area contributed by atoms with Crippen molar-refractivity contribution < 1.29 is 29.3 Å². The van der Waals surface area contributed by atoms with Crippen molar-refractivity contribution in [2.24, 2.45) is 0 Å².